The highest BCUT2D eigenvalue weighted by Gasteiger charge is 2.37. The van der Waals surface area contributed by atoms with E-state index in [0.29, 0.717) is 6.42 Å². The van der Waals surface area contributed by atoms with Gasteiger partial charge in [0.15, 0.2) is 0 Å². The highest BCUT2D eigenvalue weighted by Crippen LogP contribution is 2.26. The van der Waals surface area contributed by atoms with Crippen LogP contribution >= 0.6 is 0 Å². The fraction of sp³-hybridized carbons (Fsp3) is 0.867. The van der Waals surface area contributed by atoms with Gasteiger partial charge in [0.25, 0.3) is 0 Å². The van der Waals surface area contributed by atoms with Gasteiger partial charge in [0.2, 0.25) is 5.91 Å². The molecule has 2 rings (SSSR count). The summed E-state index contributed by atoms with van der Waals surface area (Å²) >= 11 is 0. The molecule has 2 N–H and O–H groups in total. The number of fused-ring (bicyclic) bond motifs is 1. The molecule has 2 fully saturated rings. The number of hydrogen-bond donors (Lipinski definition) is 2. The van der Waals surface area contributed by atoms with Gasteiger partial charge in [0.1, 0.15) is 11.6 Å². The smallest absolute Gasteiger partial charge is 0.408 e. The molecule has 0 aromatic rings. The number of carbonyl (C=O) groups is 2. The van der Waals surface area contributed by atoms with Crippen molar-refractivity contribution in [2.75, 3.05) is 6.54 Å². The Hall–Kier alpha value is -1.30. The molecule has 2 saturated heterocycles. The molecular weight excluding hydrogens is 272 g/mol. The van der Waals surface area contributed by atoms with Crippen molar-refractivity contribution in [2.24, 2.45) is 0 Å². The maximum absolute atomic E-state index is 12.6. The van der Waals surface area contributed by atoms with Gasteiger partial charge < -0.3 is 20.1 Å². The summed E-state index contributed by atoms with van der Waals surface area (Å²) in [5, 5.41) is 12.6. The first-order valence-corrected chi connectivity index (χ1v) is 7.74. The van der Waals surface area contributed by atoms with Crippen LogP contribution in [0.3, 0.4) is 0 Å². The van der Waals surface area contributed by atoms with Crippen molar-refractivity contribution in [2.45, 2.75) is 76.7 Å². The lowest BCUT2D eigenvalue weighted by Crippen LogP contribution is -2.53. The van der Waals surface area contributed by atoms with Gasteiger partial charge in [-0.25, -0.2) is 4.79 Å². The molecule has 0 spiro atoms. The molecule has 0 unspecified atom stereocenters. The van der Waals surface area contributed by atoms with Crippen LogP contribution in [0, 0.1) is 0 Å². The maximum Gasteiger partial charge on any atom is 0.408 e. The fourth-order valence-corrected chi connectivity index (χ4v) is 3.07. The normalized spacial score (nSPS) is 30.4. The van der Waals surface area contributed by atoms with Crippen molar-refractivity contribution in [3.05, 3.63) is 0 Å². The van der Waals surface area contributed by atoms with Crippen molar-refractivity contribution in [1.82, 2.24) is 10.2 Å². The van der Waals surface area contributed by atoms with Crippen molar-refractivity contribution < 1.29 is 19.4 Å². The molecule has 2 aliphatic rings. The van der Waals surface area contributed by atoms with Crippen LogP contribution in [0.5, 0.6) is 0 Å². The average molecular weight is 298 g/mol. The van der Waals surface area contributed by atoms with Crippen LogP contribution in [-0.4, -0.2) is 52.3 Å². The zero-order valence-corrected chi connectivity index (χ0v) is 13.1. The molecule has 2 aliphatic heterocycles. The van der Waals surface area contributed by atoms with Gasteiger partial charge in [-0.05, 0) is 46.5 Å². The summed E-state index contributed by atoms with van der Waals surface area (Å²) in [5.41, 5.74) is -0.608. The number of rotatable bonds is 1. The minimum absolute atomic E-state index is 0.0953. The molecule has 0 saturated carbocycles. The number of ether oxygens (including phenoxy) is 1. The Bertz CT molecular complexity index is 405. The summed E-state index contributed by atoms with van der Waals surface area (Å²) in [4.78, 5) is 26.3. The largest absolute Gasteiger partial charge is 0.444 e. The van der Waals surface area contributed by atoms with Gasteiger partial charge >= 0.3 is 6.09 Å². The second-order valence-corrected chi connectivity index (χ2v) is 6.99. The summed E-state index contributed by atoms with van der Waals surface area (Å²) in [6.07, 6.45) is 2.57. The molecule has 2 heterocycles. The minimum atomic E-state index is -0.698. The molecule has 0 aromatic carbocycles. The molecule has 0 bridgehead atoms. The Morgan fingerprint density at radius 1 is 1.33 bits per heavy atom. The summed E-state index contributed by atoms with van der Waals surface area (Å²) in [5.74, 6) is -0.0953. The molecule has 120 valence electrons. The summed E-state index contributed by atoms with van der Waals surface area (Å²) < 4.78 is 5.21. The molecule has 21 heavy (non-hydrogen) atoms. The van der Waals surface area contributed by atoms with Gasteiger partial charge in [0, 0.05) is 19.0 Å². The number of carbonyl (C=O) groups excluding carboxylic acids is 2. The van der Waals surface area contributed by atoms with E-state index in [9.17, 15) is 14.7 Å². The van der Waals surface area contributed by atoms with E-state index in [4.69, 9.17) is 4.74 Å². The van der Waals surface area contributed by atoms with E-state index in [1.807, 2.05) is 4.90 Å². The van der Waals surface area contributed by atoms with Crippen molar-refractivity contribution in [3.63, 3.8) is 0 Å². The lowest BCUT2D eigenvalue weighted by atomic mass is 9.97. The van der Waals surface area contributed by atoms with E-state index in [0.717, 1.165) is 25.8 Å². The number of nitrogens with one attached hydrogen (secondary N) is 1. The zero-order chi connectivity index (χ0) is 15.6. The Morgan fingerprint density at radius 2 is 2.05 bits per heavy atom. The van der Waals surface area contributed by atoms with Gasteiger partial charge in [-0.1, -0.05) is 0 Å². The van der Waals surface area contributed by atoms with Gasteiger partial charge in [0.05, 0.1) is 6.10 Å². The third-order valence-corrected chi connectivity index (χ3v) is 3.99. The van der Waals surface area contributed by atoms with E-state index >= 15 is 0 Å². The van der Waals surface area contributed by atoms with Crippen LogP contribution in [0.15, 0.2) is 0 Å². The van der Waals surface area contributed by atoms with Crippen LogP contribution in [0.25, 0.3) is 0 Å². The molecule has 0 radical (unpaired) electrons. The van der Waals surface area contributed by atoms with E-state index < -0.39 is 23.8 Å². The van der Waals surface area contributed by atoms with E-state index in [-0.39, 0.29) is 18.4 Å². The van der Waals surface area contributed by atoms with Crippen LogP contribution < -0.4 is 5.32 Å². The molecular formula is C15H26N2O4. The maximum atomic E-state index is 12.6. The Balaban J connectivity index is 2.04. The van der Waals surface area contributed by atoms with Gasteiger partial charge in [-0.3, -0.25) is 4.79 Å². The number of aliphatic hydroxyl groups is 1. The van der Waals surface area contributed by atoms with E-state index in [1.165, 1.54) is 0 Å². The number of alkyl carbamates (subject to hydrolysis) is 1. The predicted octanol–water partition coefficient (Wildman–Crippen LogP) is 1.42. The quantitative estimate of drug-likeness (QED) is 0.767. The first-order valence-electron chi connectivity index (χ1n) is 7.74. The first kappa shape index (κ1) is 16.1. The van der Waals surface area contributed by atoms with Crippen LogP contribution in [0.2, 0.25) is 0 Å². The predicted molar refractivity (Wildman–Crippen MR) is 77.8 cm³/mol. The molecule has 2 amide bonds. The molecule has 3 atom stereocenters. The second kappa shape index (κ2) is 6.22. The minimum Gasteiger partial charge on any atom is -0.444 e. The molecule has 0 aliphatic carbocycles. The fourth-order valence-electron chi connectivity index (χ4n) is 3.07. The highest BCUT2D eigenvalue weighted by atomic mass is 16.6. The Morgan fingerprint density at radius 3 is 2.71 bits per heavy atom. The Labute approximate surface area is 125 Å². The summed E-state index contributed by atoms with van der Waals surface area (Å²) in [6, 6.07) is -0.494. The number of nitrogens with zero attached hydrogens (tertiary/aromatic N) is 1. The number of hydrogen-bond acceptors (Lipinski definition) is 4. The third-order valence-electron chi connectivity index (χ3n) is 3.99. The SMILES string of the molecule is CC(C)(C)OC(=O)N[C@H]1C[C@H](O)CC[C@H]2CCCN2C1=O. The van der Waals surface area contributed by atoms with Crippen LogP contribution in [0.1, 0.15) is 52.9 Å². The standard InChI is InChI=1S/C15H26N2O4/c1-15(2,3)21-14(20)16-12-9-11(18)7-6-10-5-4-8-17(10)13(12)19/h10-12,18H,4-9H2,1-3H3,(H,16,20)/t10-,11-,12+/m1/s1. The van der Waals surface area contributed by atoms with Crippen molar-refractivity contribution >= 4 is 12.0 Å². The summed E-state index contributed by atoms with van der Waals surface area (Å²) in [7, 11) is 0. The van der Waals surface area contributed by atoms with Crippen molar-refractivity contribution in [1.29, 1.82) is 0 Å². The number of amides is 2. The van der Waals surface area contributed by atoms with Gasteiger partial charge in [-0.2, -0.15) is 0 Å². The Kier molecular flexibility index (Phi) is 4.76. The zero-order valence-electron chi connectivity index (χ0n) is 13.1. The summed E-state index contributed by atoms with van der Waals surface area (Å²) in [6.45, 7) is 6.07. The third kappa shape index (κ3) is 4.33. The topological polar surface area (TPSA) is 78.9 Å². The molecule has 0 aromatic heterocycles. The van der Waals surface area contributed by atoms with Gasteiger partial charge in [-0.15, -0.1) is 0 Å². The molecule has 6 nitrogen and oxygen atoms in total. The van der Waals surface area contributed by atoms with Crippen LogP contribution in [0.4, 0.5) is 4.79 Å². The highest BCUT2D eigenvalue weighted by molar-refractivity contribution is 5.86. The van der Waals surface area contributed by atoms with Crippen LogP contribution in [-0.2, 0) is 9.53 Å². The van der Waals surface area contributed by atoms with E-state index in [1.54, 1.807) is 20.8 Å². The first-order chi connectivity index (χ1) is 9.76. The number of aliphatic hydroxyl groups excluding tert-OH is 1. The lowest BCUT2D eigenvalue weighted by Gasteiger charge is -2.33. The van der Waals surface area contributed by atoms with Crippen molar-refractivity contribution in [3.8, 4) is 0 Å². The average Bonchev–Trinajstić information content (AvgIpc) is 2.79. The monoisotopic (exact) mass is 298 g/mol. The van der Waals surface area contributed by atoms with E-state index in [2.05, 4.69) is 5.32 Å². The molecule has 6 heteroatoms. The lowest BCUT2D eigenvalue weighted by molar-refractivity contribution is -0.136. The second-order valence-electron chi connectivity index (χ2n) is 6.99.